The molecule has 3 N–H and O–H groups in total. The number of thiocarbonyl (C=S) groups is 1. The van der Waals surface area contributed by atoms with E-state index in [2.05, 4.69) is 45.9 Å². The Morgan fingerprint density at radius 2 is 1.71 bits per heavy atom. The number of nitrogens with one attached hydrogen (secondary N) is 3. The van der Waals surface area contributed by atoms with E-state index in [4.69, 9.17) is 21.7 Å². The van der Waals surface area contributed by atoms with Crippen LogP contribution in [0.5, 0.6) is 11.5 Å². The lowest BCUT2D eigenvalue weighted by atomic mass is 10.0. The van der Waals surface area contributed by atoms with E-state index in [1.165, 1.54) is 5.56 Å². The number of amides is 2. The Bertz CT molecular complexity index is 933. The van der Waals surface area contributed by atoms with E-state index in [1.807, 2.05) is 38.1 Å². The molecule has 0 atom stereocenters. The number of ether oxygens (including phenoxy) is 2. The van der Waals surface area contributed by atoms with Gasteiger partial charge in [0.1, 0.15) is 11.5 Å². The molecule has 2 amide bonds. The molecule has 0 aliphatic carbocycles. The second kappa shape index (κ2) is 11.7. The van der Waals surface area contributed by atoms with Crippen molar-refractivity contribution in [3.8, 4) is 11.5 Å². The molecule has 31 heavy (non-hydrogen) atoms. The van der Waals surface area contributed by atoms with Gasteiger partial charge in [0.05, 0.1) is 10.6 Å². The van der Waals surface area contributed by atoms with Crippen LogP contribution in [0.25, 0.3) is 0 Å². The topological polar surface area (TPSA) is 88.7 Å². The first-order valence-electron chi connectivity index (χ1n) is 9.75. The molecule has 2 aromatic rings. The van der Waals surface area contributed by atoms with E-state index in [-0.39, 0.29) is 17.8 Å². The Morgan fingerprint density at radius 3 is 2.29 bits per heavy atom. The summed E-state index contributed by atoms with van der Waals surface area (Å²) in [4.78, 5) is 24.3. The van der Waals surface area contributed by atoms with Crippen molar-refractivity contribution in [3.63, 3.8) is 0 Å². The van der Waals surface area contributed by atoms with Gasteiger partial charge in [-0.05, 0) is 83.8 Å². The van der Waals surface area contributed by atoms with Gasteiger partial charge in [0.15, 0.2) is 11.7 Å². The number of rotatable bonds is 7. The lowest BCUT2D eigenvalue weighted by Crippen LogP contribution is -2.49. The third-order valence-electron chi connectivity index (χ3n) is 4.02. The van der Waals surface area contributed by atoms with Gasteiger partial charge < -0.3 is 9.47 Å². The molecular formula is C22H26BrN3O4S. The monoisotopic (exact) mass is 507 g/mol. The summed E-state index contributed by atoms with van der Waals surface area (Å²) in [6.07, 6.45) is 0.0137. The maximum absolute atomic E-state index is 12.3. The molecule has 0 heterocycles. The van der Waals surface area contributed by atoms with Gasteiger partial charge in [-0.3, -0.25) is 25.8 Å². The van der Waals surface area contributed by atoms with Crippen molar-refractivity contribution in [3.05, 3.63) is 58.1 Å². The molecule has 2 rings (SSSR count). The van der Waals surface area contributed by atoms with Crippen molar-refractivity contribution in [1.82, 2.24) is 16.2 Å². The predicted molar refractivity (Wildman–Crippen MR) is 127 cm³/mol. The Balaban J connectivity index is 1.77. The fourth-order valence-corrected chi connectivity index (χ4v) is 3.07. The molecule has 0 bridgehead atoms. The van der Waals surface area contributed by atoms with Crippen LogP contribution in [0.3, 0.4) is 0 Å². The number of hydrogen-bond donors (Lipinski definition) is 3. The average Bonchev–Trinajstić information content (AvgIpc) is 2.72. The van der Waals surface area contributed by atoms with E-state index < -0.39 is 11.8 Å². The van der Waals surface area contributed by atoms with E-state index in [0.717, 1.165) is 0 Å². The molecule has 0 aliphatic rings. The van der Waals surface area contributed by atoms with Crippen LogP contribution in [-0.2, 0) is 4.79 Å². The highest BCUT2D eigenvalue weighted by Gasteiger charge is 2.12. The summed E-state index contributed by atoms with van der Waals surface area (Å²) in [6.45, 7) is 7.84. The number of carbonyl (C=O) groups is 2. The van der Waals surface area contributed by atoms with Crippen LogP contribution in [0.2, 0.25) is 0 Å². The van der Waals surface area contributed by atoms with E-state index >= 15 is 0 Å². The predicted octanol–water partition coefficient (Wildman–Crippen LogP) is 4.07. The van der Waals surface area contributed by atoms with Crippen molar-refractivity contribution in [1.29, 1.82) is 0 Å². The van der Waals surface area contributed by atoms with Crippen LogP contribution in [-0.4, -0.2) is 29.6 Å². The number of benzene rings is 2. The zero-order chi connectivity index (χ0) is 23.0. The molecule has 0 fully saturated rings. The van der Waals surface area contributed by atoms with Crippen molar-refractivity contribution in [2.24, 2.45) is 0 Å². The van der Waals surface area contributed by atoms with Crippen LogP contribution in [0.15, 0.2) is 46.9 Å². The van der Waals surface area contributed by atoms with Gasteiger partial charge in [-0.2, -0.15) is 0 Å². The maximum atomic E-state index is 12.3. The van der Waals surface area contributed by atoms with E-state index in [1.54, 1.807) is 18.2 Å². The second-order valence-electron chi connectivity index (χ2n) is 7.28. The fourth-order valence-electron chi connectivity index (χ4n) is 2.46. The molecule has 0 unspecified atom stereocenters. The first kappa shape index (κ1) is 24.6. The maximum Gasteiger partial charge on any atom is 0.276 e. The molecule has 0 radical (unpaired) electrons. The van der Waals surface area contributed by atoms with Crippen LogP contribution in [0.4, 0.5) is 0 Å². The zero-order valence-corrected chi connectivity index (χ0v) is 20.2. The highest BCUT2D eigenvalue weighted by atomic mass is 79.9. The first-order valence-corrected chi connectivity index (χ1v) is 10.9. The minimum atomic E-state index is -0.442. The van der Waals surface area contributed by atoms with Crippen LogP contribution < -0.4 is 25.6 Å². The summed E-state index contributed by atoms with van der Waals surface area (Å²) in [7, 11) is 0. The molecule has 0 aliphatic heterocycles. The molecule has 0 aromatic heterocycles. The number of hydrazine groups is 1. The summed E-state index contributed by atoms with van der Waals surface area (Å²) in [5, 5.41) is 2.45. The molecule has 0 spiro atoms. The van der Waals surface area contributed by atoms with Crippen molar-refractivity contribution in [2.45, 2.75) is 39.7 Å². The summed E-state index contributed by atoms with van der Waals surface area (Å²) in [5.74, 6) is 0.780. The molecule has 0 saturated carbocycles. The Morgan fingerprint density at radius 1 is 1.03 bits per heavy atom. The summed E-state index contributed by atoms with van der Waals surface area (Å²) < 4.78 is 11.7. The third kappa shape index (κ3) is 8.18. The largest absolute Gasteiger partial charge is 0.490 e. The van der Waals surface area contributed by atoms with Crippen LogP contribution >= 0.6 is 28.1 Å². The van der Waals surface area contributed by atoms with Crippen LogP contribution in [0, 0.1) is 0 Å². The Labute approximate surface area is 196 Å². The van der Waals surface area contributed by atoms with Gasteiger partial charge in [-0.1, -0.05) is 26.0 Å². The van der Waals surface area contributed by atoms with Crippen LogP contribution in [0.1, 0.15) is 49.5 Å². The number of halogens is 1. The fraction of sp³-hybridized carbons (Fsp3) is 0.318. The highest BCUT2D eigenvalue weighted by Crippen LogP contribution is 2.27. The minimum absolute atomic E-state index is 0.0137. The SMILES string of the molecule is CC(C)Oc1ccc(C(=O)NC(=S)NNC(=O)COc2ccc(C(C)C)cc2)cc1Br. The quantitative estimate of drug-likeness (QED) is 0.386. The summed E-state index contributed by atoms with van der Waals surface area (Å²) in [5.41, 5.74) is 6.43. The van der Waals surface area contributed by atoms with E-state index in [9.17, 15) is 9.59 Å². The zero-order valence-electron chi connectivity index (χ0n) is 17.8. The molecule has 7 nitrogen and oxygen atoms in total. The Hall–Kier alpha value is -2.65. The number of carbonyl (C=O) groups excluding carboxylic acids is 2. The molecule has 9 heteroatoms. The smallest absolute Gasteiger partial charge is 0.276 e. The van der Waals surface area contributed by atoms with Crippen molar-refractivity contribution >= 4 is 45.1 Å². The first-order chi connectivity index (χ1) is 14.7. The van der Waals surface area contributed by atoms with E-state index in [0.29, 0.717) is 27.5 Å². The molecular weight excluding hydrogens is 482 g/mol. The van der Waals surface area contributed by atoms with Gasteiger partial charge >= 0.3 is 0 Å². The normalized spacial score (nSPS) is 10.5. The molecule has 2 aromatic carbocycles. The average molecular weight is 508 g/mol. The van der Waals surface area contributed by atoms with Gasteiger partial charge in [0.25, 0.3) is 11.8 Å². The molecule has 166 valence electrons. The van der Waals surface area contributed by atoms with Crippen molar-refractivity contribution < 1.29 is 19.1 Å². The third-order valence-corrected chi connectivity index (χ3v) is 4.84. The lowest BCUT2D eigenvalue weighted by molar-refractivity contribution is -0.123. The Kier molecular flexibility index (Phi) is 9.26. The summed E-state index contributed by atoms with van der Waals surface area (Å²) >= 11 is 8.43. The highest BCUT2D eigenvalue weighted by molar-refractivity contribution is 9.10. The van der Waals surface area contributed by atoms with Gasteiger partial charge in [-0.15, -0.1) is 0 Å². The number of hydrogen-bond acceptors (Lipinski definition) is 5. The van der Waals surface area contributed by atoms with Gasteiger partial charge in [0.2, 0.25) is 0 Å². The second-order valence-corrected chi connectivity index (χ2v) is 8.54. The minimum Gasteiger partial charge on any atom is -0.490 e. The standard InChI is InChI=1S/C22H26BrN3O4S/c1-13(2)15-5-8-17(9-6-15)29-12-20(27)25-26-22(31)24-21(28)16-7-10-19(18(23)11-16)30-14(3)4/h5-11,13-14H,12H2,1-4H3,(H,25,27)(H2,24,26,28,31). The molecule has 0 saturated heterocycles. The van der Waals surface area contributed by atoms with Gasteiger partial charge in [-0.25, -0.2) is 0 Å². The summed E-state index contributed by atoms with van der Waals surface area (Å²) in [6, 6.07) is 12.5. The van der Waals surface area contributed by atoms with Crippen molar-refractivity contribution in [2.75, 3.05) is 6.61 Å². The lowest BCUT2D eigenvalue weighted by Gasteiger charge is -2.13. The van der Waals surface area contributed by atoms with Gasteiger partial charge in [0, 0.05) is 5.56 Å².